The topological polar surface area (TPSA) is 36.4 Å². The van der Waals surface area contributed by atoms with Gasteiger partial charge in [0, 0.05) is 4.47 Å². The number of hydrogen-bond acceptors (Lipinski definition) is 3. The van der Waals surface area contributed by atoms with Gasteiger partial charge in [-0.25, -0.2) is 0 Å². The number of nitrogens with one attached hydrogen (secondary N) is 2. The smallest absolute Gasteiger partial charge is 0.127 e. The van der Waals surface area contributed by atoms with Crippen molar-refractivity contribution in [2.45, 2.75) is 24.9 Å². The Morgan fingerprint density at radius 1 is 1.00 bits per heavy atom. The van der Waals surface area contributed by atoms with Crippen LogP contribution in [-0.2, 0) is 6.54 Å². The minimum Gasteiger partial charge on any atom is -0.371 e. The van der Waals surface area contributed by atoms with Gasteiger partial charge in [0.2, 0.25) is 0 Å². The van der Waals surface area contributed by atoms with Crippen molar-refractivity contribution in [2.24, 2.45) is 4.99 Å². The van der Waals surface area contributed by atoms with Crippen LogP contribution in [0.1, 0.15) is 18.4 Å². The molecule has 0 aromatic heterocycles. The summed E-state index contributed by atoms with van der Waals surface area (Å²) in [7, 11) is 0. The Morgan fingerprint density at radius 3 is 2.50 bits per heavy atom. The molecule has 0 bridgehead atoms. The van der Waals surface area contributed by atoms with Crippen LogP contribution in [0.5, 0.6) is 0 Å². The number of halogens is 1. The molecule has 2 aromatic carbocycles. The Balaban J connectivity index is 1.68. The average molecular weight is 402 g/mol. The molecule has 0 amide bonds. The van der Waals surface area contributed by atoms with Crippen LogP contribution in [-0.4, -0.2) is 22.9 Å². The Labute approximate surface area is 155 Å². The molecule has 1 saturated heterocycles. The number of amidine groups is 1. The normalized spacial score (nSPS) is 20.3. The van der Waals surface area contributed by atoms with E-state index in [-0.39, 0.29) is 5.54 Å². The lowest BCUT2D eigenvalue weighted by Gasteiger charge is -2.43. The molecule has 3 nitrogen and oxygen atoms in total. The van der Waals surface area contributed by atoms with Crippen LogP contribution in [0.2, 0.25) is 0 Å². The quantitative estimate of drug-likeness (QED) is 0.729. The summed E-state index contributed by atoms with van der Waals surface area (Å²) >= 11 is 5.66. The molecule has 24 heavy (non-hydrogen) atoms. The standard InChI is InChI=1S/C19H20BrN3S/c20-15-6-2-1-5-14(15)13-21-18-19(9-11-24-12-10-19)23-17-8-4-3-7-16(17)22-18/h1-8,23H,9-13H2,(H,21,22). The molecular formula is C19H20BrN3S. The first kappa shape index (κ1) is 16.0. The molecule has 2 aromatic rings. The second kappa shape index (κ2) is 6.81. The van der Waals surface area contributed by atoms with Gasteiger partial charge >= 0.3 is 0 Å². The predicted octanol–water partition coefficient (Wildman–Crippen LogP) is 5.15. The number of fused-ring (bicyclic) bond motifs is 1. The van der Waals surface area contributed by atoms with Crippen molar-refractivity contribution in [3.05, 3.63) is 58.6 Å². The third kappa shape index (κ3) is 3.07. The molecule has 5 heteroatoms. The van der Waals surface area contributed by atoms with Gasteiger partial charge in [-0.15, -0.1) is 0 Å². The van der Waals surface area contributed by atoms with Gasteiger partial charge in [0.25, 0.3) is 0 Å². The Kier molecular flexibility index (Phi) is 4.55. The fourth-order valence-electron chi connectivity index (χ4n) is 3.33. The van der Waals surface area contributed by atoms with Crippen LogP contribution >= 0.6 is 27.7 Å². The van der Waals surface area contributed by atoms with Gasteiger partial charge in [0.15, 0.2) is 0 Å². The SMILES string of the molecule is Brc1ccccc1CN=C1Nc2ccccc2NC12CCSCC2. The zero-order valence-corrected chi connectivity index (χ0v) is 15.8. The fourth-order valence-corrected chi connectivity index (χ4v) is 4.93. The highest BCUT2D eigenvalue weighted by atomic mass is 79.9. The number of para-hydroxylation sites is 2. The summed E-state index contributed by atoms with van der Waals surface area (Å²) in [6.07, 6.45) is 2.21. The minimum absolute atomic E-state index is 0.0547. The molecular weight excluding hydrogens is 382 g/mol. The van der Waals surface area contributed by atoms with E-state index in [0.717, 1.165) is 28.8 Å². The summed E-state index contributed by atoms with van der Waals surface area (Å²) in [4.78, 5) is 4.99. The lowest BCUT2D eigenvalue weighted by atomic mass is 9.87. The number of benzene rings is 2. The highest BCUT2D eigenvalue weighted by Gasteiger charge is 2.40. The second-order valence-electron chi connectivity index (χ2n) is 6.25. The number of thioether (sulfide) groups is 1. The van der Waals surface area contributed by atoms with E-state index in [1.165, 1.54) is 22.8 Å². The molecule has 0 radical (unpaired) electrons. The molecule has 0 unspecified atom stereocenters. The monoisotopic (exact) mass is 401 g/mol. The van der Waals surface area contributed by atoms with Gasteiger partial charge in [-0.05, 0) is 48.1 Å². The molecule has 1 spiro atoms. The summed E-state index contributed by atoms with van der Waals surface area (Å²) in [5, 5.41) is 7.41. The number of hydrogen-bond donors (Lipinski definition) is 2. The Morgan fingerprint density at radius 2 is 1.71 bits per heavy atom. The van der Waals surface area contributed by atoms with Gasteiger partial charge in [-0.1, -0.05) is 46.3 Å². The highest BCUT2D eigenvalue weighted by Crippen LogP contribution is 2.38. The van der Waals surface area contributed by atoms with Crippen molar-refractivity contribution in [2.75, 3.05) is 22.1 Å². The maximum absolute atomic E-state index is 4.99. The van der Waals surface area contributed by atoms with Crippen molar-refractivity contribution in [3.63, 3.8) is 0 Å². The third-order valence-electron chi connectivity index (χ3n) is 4.72. The van der Waals surface area contributed by atoms with E-state index in [9.17, 15) is 0 Å². The largest absolute Gasteiger partial charge is 0.371 e. The molecule has 2 aliphatic rings. The van der Waals surface area contributed by atoms with E-state index in [4.69, 9.17) is 4.99 Å². The van der Waals surface area contributed by atoms with E-state index >= 15 is 0 Å². The van der Waals surface area contributed by atoms with Crippen molar-refractivity contribution in [1.82, 2.24) is 0 Å². The first-order valence-electron chi connectivity index (χ1n) is 8.27. The summed E-state index contributed by atoms with van der Waals surface area (Å²) < 4.78 is 1.12. The van der Waals surface area contributed by atoms with Gasteiger partial charge in [-0.3, -0.25) is 4.99 Å². The van der Waals surface area contributed by atoms with Crippen LogP contribution in [0.25, 0.3) is 0 Å². The first-order valence-corrected chi connectivity index (χ1v) is 10.2. The molecule has 2 aliphatic heterocycles. The lowest BCUT2D eigenvalue weighted by Crippen LogP contribution is -2.54. The summed E-state index contributed by atoms with van der Waals surface area (Å²) in [6.45, 7) is 0.683. The van der Waals surface area contributed by atoms with E-state index in [0.29, 0.717) is 6.54 Å². The minimum atomic E-state index is -0.0547. The summed E-state index contributed by atoms with van der Waals surface area (Å²) in [5.41, 5.74) is 3.46. The molecule has 2 N–H and O–H groups in total. The molecule has 4 rings (SSSR count). The predicted molar refractivity (Wildman–Crippen MR) is 108 cm³/mol. The number of nitrogens with zero attached hydrogens (tertiary/aromatic N) is 1. The van der Waals surface area contributed by atoms with Crippen molar-refractivity contribution >= 4 is 44.9 Å². The molecule has 1 fully saturated rings. The number of aliphatic imine (C=N–C) groups is 1. The first-order chi connectivity index (χ1) is 11.8. The maximum Gasteiger partial charge on any atom is 0.127 e. The zero-order chi connectivity index (χ0) is 16.4. The van der Waals surface area contributed by atoms with Crippen molar-refractivity contribution < 1.29 is 0 Å². The fraction of sp³-hybridized carbons (Fsp3) is 0.316. The third-order valence-corrected chi connectivity index (χ3v) is 6.48. The van der Waals surface area contributed by atoms with E-state index in [1.54, 1.807) is 0 Å². The number of anilines is 2. The van der Waals surface area contributed by atoms with Gasteiger partial charge in [-0.2, -0.15) is 11.8 Å². The van der Waals surface area contributed by atoms with Crippen molar-refractivity contribution in [3.8, 4) is 0 Å². The average Bonchev–Trinajstić information content (AvgIpc) is 2.62. The van der Waals surface area contributed by atoms with Crippen molar-refractivity contribution in [1.29, 1.82) is 0 Å². The van der Waals surface area contributed by atoms with Gasteiger partial charge in [0.1, 0.15) is 5.84 Å². The van der Waals surface area contributed by atoms with E-state index in [1.807, 2.05) is 17.8 Å². The van der Waals surface area contributed by atoms with Crippen LogP contribution in [0.15, 0.2) is 58.0 Å². The highest BCUT2D eigenvalue weighted by molar-refractivity contribution is 9.10. The molecule has 2 heterocycles. The number of rotatable bonds is 2. The van der Waals surface area contributed by atoms with Crippen LogP contribution in [0.3, 0.4) is 0 Å². The lowest BCUT2D eigenvalue weighted by molar-refractivity contribution is 0.559. The summed E-state index contributed by atoms with van der Waals surface area (Å²) in [6, 6.07) is 16.7. The zero-order valence-electron chi connectivity index (χ0n) is 13.4. The van der Waals surface area contributed by atoms with E-state index in [2.05, 4.69) is 69.0 Å². The summed E-state index contributed by atoms with van der Waals surface area (Å²) in [5.74, 6) is 3.42. The van der Waals surface area contributed by atoms with Gasteiger partial charge < -0.3 is 10.6 Å². The molecule has 0 saturated carbocycles. The Hall–Kier alpha value is -1.46. The van der Waals surface area contributed by atoms with Crippen LogP contribution < -0.4 is 10.6 Å². The van der Waals surface area contributed by atoms with Crippen LogP contribution in [0, 0.1) is 0 Å². The second-order valence-corrected chi connectivity index (χ2v) is 8.33. The molecule has 0 aliphatic carbocycles. The molecule has 124 valence electrons. The molecule has 0 atom stereocenters. The Bertz CT molecular complexity index is 769. The maximum atomic E-state index is 4.99. The van der Waals surface area contributed by atoms with E-state index < -0.39 is 0 Å². The van der Waals surface area contributed by atoms with Crippen LogP contribution in [0.4, 0.5) is 11.4 Å². The van der Waals surface area contributed by atoms with Gasteiger partial charge in [0.05, 0.1) is 23.5 Å².